The van der Waals surface area contributed by atoms with Crippen molar-refractivity contribution in [2.45, 2.75) is 32.2 Å². The molecule has 0 spiro atoms. The molecule has 6 heteroatoms. The Balaban J connectivity index is 2.78. The van der Waals surface area contributed by atoms with Crippen molar-refractivity contribution in [2.24, 2.45) is 0 Å². The van der Waals surface area contributed by atoms with Gasteiger partial charge in [0.05, 0.1) is 0 Å². The number of aliphatic carboxylic acids is 1. The molecule has 0 fully saturated rings. The Morgan fingerprint density at radius 2 is 2.11 bits per heavy atom. The zero-order valence-corrected chi connectivity index (χ0v) is 12.0. The number of carbonyl (C=O) groups is 2. The monoisotopic (exact) mass is 331 g/mol. The van der Waals surface area contributed by atoms with Crippen molar-refractivity contribution >= 4 is 27.8 Å². The molecule has 2 N–H and O–H groups in total. The molecule has 0 unspecified atom stereocenters. The summed E-state index contributed by atoms with van der Waals surface area (Å²) in [7, 11) is 0. The van der Waals surface area contributed by atoms with E-state index in [-0.39, 0.29) is 5.56 Å². The summed E-state index contributed by atoms with van der Waals surface area (Å²) in [6, 6.07) is 2.79. The molecule has 104 valence electrons. The Kier molecular flexibility index (Phi) is 5.95. The van der Waals surface area contributed by atoms with Gasteiger partial charge < -0.3 is 10.4 Å². The maximum atomic E-state index is 13.2. The minimum absolute atomic E-state index is 0.0922. The van der Waals surface area contributed by atoms with E-state index in [2.05, 4.69) is 21.2 Å². The molecule has 0 aliphatic carbocycles. The van der Waals surface area contributed by atoms with Gasteiger partial charge in [0.15, 0.2) is 0 Å². The van der Waals surface area contributed by atoms with Gasteiger partial charge in [-0.25, -0.2) is 9.18 Å². The fourth-order valence-electron chi connectivity index (χ4n) is 1.59. The second-order valence-electron chi connectivity index (χ2n) is 4.16. The SMILES string of the molecule is CCCC[C@H](NC(=O)c1cc(F)cc(Br)c1)C(=O)O. The van der Waals surface area contributed by atoms with E-state index >= 15 is 0 Å². The van der Waals surface area contributed by atoms with Crippen LogP contribution in [0.15, 0.2) is 22.7 Å². The number of carboxylic acid groups (broad SMARTS) is 1. The molecular weight excluding hydrogens is 317 g/mol. The van der Waals surface area contributed by atoms with Crippen LogP contribution in [0.2, 0.25) is 0 Å². The molecule has 0 radical (unpaired) electrons. The van der Waals surface area contributed by atoms with Crippen LogP contribution in [0, 0.1) is 5.82 Å². The van der Waals surface area contributed by atoms with Crippen LogP contribution < -0.4 is 5.32 Å². The molecule has 0 saturated carbocycles. The van der Waals surface area contributed by atoms with Gasteiger partial charge in [0.25, 0.3) is 5.91 Å². The Bertz CT molecular complexity index is 459. The summed E-state index contributed by atoms with van der Waals surface area (Å²) in [4.78, 5) is 22.9. The lowest BCUT2D eigenvalue weighted by atomic mass is 10.1. The first kappa shape index (κ1) is 15.6. The highest BCUT2D eigenvalue weighted by molar-refractivity contribution is 9.10. The number of halogens is 2. The summed E-state index contributed by atoms with van der Waals surface area (Å²) in [6.07, 6.45) is 1.89. The first-order chi connectivity index (χ1) is 8.93. The maximum absolute atomic E-state index is 13.2. The third-order valence-electron chi connectivity index (χ3n) is 2.57. The molecule has 0 aliphatic rings. The van der Waals surface area contributed by atoms with Crippen LogP contribution in [0.5, 0.6) is 0 Å². The van der Waals surface area contributed by atoms with Crippen molar-refractivity contribution in [3.63, 3.8) is 0 Å². The molecule has 0 heterocycles. The molecule has 1 aromatic rings. The number of carboxylic acids is 1. The molecule has 1 amide bonds. The van der Waals surface area contributed by atoms with E-state index in [1.807, 2.05) is 6.92 Å². The van der Waals surface area contributed by atoms with E-state index in [1.165, 1.54) is 12.1 Å². The number of carbonyl (C=O) groups excluding carboxylic acids is 1. The quantitative estimate of drug-likeness (QED) is 0.842. The summed E-state index contributed by atoms with van der Waals surface area (Å²) < 4.78 is 13.6. The van der Waals surface area contributed by atoms with Gasteiger partial charge >= 0.3 is 5.97 Å². The molecule has 4 nitrogen and oxygen atoms in total. The predicted octanol–water partition coefficient (Wildman–Crippen LogP) is 2.96. The van der Waals surface area contributed by atoms with E-state index < -0.39 is 23.7 Å². The lowest BCUT2D eigenvalue weighted by Crippen LogP contribution is -2.40. The van der Waals surface area contributed by atoms with E-state index in [0.717, 1.165) is 12.5 Å². The van der Waals surface area contributed by atoms with Gasteiger partial charge in [0.2, 0.25) is 0 Å². The second kappa shape index (κ2) is 7.23. The predicted molar refractivity (Wildman–Crippen MR) is 72.5 cm³/mol. The number of amides is 1. The zero-order valence-electron chi connectivity index (χ0n) is 10.5. The van der Waals surface area contributed by atoms with Crippen LogP contribution in [0.3, 0.4) is 0 Å². The van der Waals surface area contributed by atoms with Gasteiger partial charge in [-0.05, 0) is 24.6 Å². The molecule has 0 aromatic heterocycles. The Morgan fingerprint density at radius 1 is 1.42 bits per heavy atom. The normalized spacial score (nSPS) is 11.9. The van der Waals surface area contributed by atoms with E-state index in [1.54, 1.807) is 0 Å². The zero-order chi connectivity index (χ0) is 14.4. The first-order valence-electron chi connectivity index (χ1n) is 5.93. The summed E-state index contributed by atoms with van der Waals surface area (Å²) in [5, 5.41) is 11.4. The molecule has 1 rings (SSSR count). The number of rotatable bonds is 6. The van der Waals surface area contributed by atoms with Gasteiger partial charge in [0, 0.05) is 10.0 Å². The van der Waals surface area contributed by atoms with E-state index in [4.69, 9.17) is 5.11 Å². The third-order valence-corrected chi connectivity index (χ3v) is 3.03. The van der Waals surface area contributed by atoms with Crippen LogP contribution in [0.1, 0.15) is 36.5 Å². The summed E-state index contributed by atoms with van der Waals surface area (Å²) >= 11 is 3.08. The van der Waals surface area contributed by atoms with E-state index in [9.17, 15) is 14.0 Å². The number of unbranched alkanes of at least 4 members (excludes halogenated alkanes) is 1. The topological polar surface area (TPSA) is 66.4 Å². The minimum atomic E-state index is -1.09. The van der Waals surface area contributed by atoms with Crippen LogP contribution in [-0.2, 0) is 4.79 Å². The Labute approximate surface area is 119 Å². The lowest BCUT2D eigenvalue weighted by molar-refractivity contribution is -0.139. The van der Waals surface area contributed by atoms with Gasteiger partial charge in [-0.1, -0.05) is 35.7 Å². The van der Waals surface area contributed by atoms with Crippen molar-refractivity contribution in [3.8, 4) is 0 Å². The van der Waals surface area contributed by atoms with Crippen LogP contribution >= 0.6 is 15.9 Å². The highest BCUT2D eigenvalue weighted by Gasteiger charge is 2.20. The van der Waals surface area contributed by atoms with E-state index in [0.29, 0.717) is 17.3 Å². The number of hydrogen-bond donors (Lipinski definition) is 2. The Hall–Kier alpha value is -1.43. The molecule has 19 heavy (non-hydrogen) atoms. The second-order valence-corrected chi connectivity index (χ2v) is 5.08. The van der Waals surface area contributed by atoms with Crippen molar-refractivity contribution < 1.29 is 19.1 Å². The summed E-state index contributed by atoms with van der Waals surface area (Å²) in [6.45, 7) is 1.93. The van der Waals surface area contributed by atoms with Crippen molar-refractivity contribution in [1.29, 1.82) is 0 Å². The fourth-order valence-corrected chi connectivity index (χ4v) is 2.06. The van der Waals surface area contributed by atoms with Gasteiger partial charge in [-0.15, -0.1) is 0 Å². The van der Waals surface area contributed by atoms with Crippen molar-refractivity contribution in [2.75, 3.05) is 0 Å². The number of hydrogen-bond acceptors (Lipinski definition) is 2. The minimum Gasteiger partial charge on any atom is -0.480 e. The third kappa shape index (κ3) is 4.98. The maximum Gasteiger partial charge on any atom is 0.326 e. The van der Waals surface area contributed by atoms with Crippen LogP contribution in [0.4, 0.5) is 4.39 Å². The van der Waals surface area contributed by atoms with Gasteiger partial charge in [-0.2, -0.15) is 0 Å². The number of nitrogens with one attached hydrogen (secondary N) is 1. The lowest BCUT2D eigenvalue weighted by Gasteiger charge is -2.14. The van der Waals surface area contributed by atoms with Gasteiger partial charge in [0.1, 0.15) is 11.9 Å². The summed E-state index contributed by atoms with van der Waals surface area (Å²) in [5.74, 6) is -2.24. The van der Waals surface area contributed by atoms with Crippen molar-refractivity contribution in [3.05, 3.63) is 34.1 Å². The van der Waals surface area contributed by atoms with Crippen LogP contribution in [-0.4, -0.2) is 23.0 Å². The highest BCUT2D eigenvalue weighted by atomic mass is 79.9. The Morgan fingerprint density at radius 3 is 2.63 bits per heavy atom. The molecule has 0 saturated heterocycles. The largest absolute Gasteiger partial charge is 0.480 e. The van der Waals surface area contributed by atoms with Crippen LogP contribution in [0.25, 0.3) is 0 Å². The first-order valence-corrected chi connectivity index (χ1v) is 6.73. The fraction of sp³-hybridized carbons (Fsp3) is 0.385. The molecule has 1 aromatic carbocycles. The van der Waals surface area contributed by atoms with Crippen molar-refractivity contribution in [1.82, 2.24) is 5.32 Å². The molecular formula is C13H15BrFNO3. The molecule has 0 aliphatic heterocycles. The molecule has 1 atom stereocenters. The smallest absolute Gasteiger partial charge is 0.326 e. The summed E-state index contributed by atoms with van der Waals surface area (Å²) in [5.41, 5.74) is 0.0922. The highest BCUT2D eigenvalue weighted by Crippen LogP contribution is 2.15. The van der Waals surface area contributed by atoms with Gasteiger partial charge in [-0.3, -0.25) is 4.79 Å². The molecule has 0 bridgehead atoms. The standard InChI is InChI=1S/C13H15BrFNO3/c1-2-3-4-11(13(18)19)16-12(17)8-5-9(14)7-10(15)6-8/h5-7,11H,2-4H2,1H3,(H,16,17)(H,18,19)/t11-/m0/s1. The average Bonchev–Trinajstić information content (AvgIpc) is 2.32. The average molecular weight is 332 g/mol. The number of benzene rings is 1.